The maximum atomic E-state index is 5.90. The molecule has 0 aromatic carbocycles. The van der Waals surface area contributed by atoms with Gasteiger partial charge in [-0.1, -0.05) is 11.6 Å². The number of nitrogens with zero attached hydrogens (tertiary/aromatic N) is 3. The fourth-order valence-corrected chi connectivity index (χ4v) is 1.73. The van der Waals surface area contributed by atoms with Gasteiger partial charge in [-0.2, -0.15) is 5.10 Å². The highest BCUT2D eigenvalue weighted by Gasteiger charge is 2.07. The second-order valence-electron chi connectivity index (χ2n) is 2.97. The van der Waals surface area contributed by atoms with E-state index in [0.717, 1.165) is 21.8 Å². The Hall–Kier alpha value is -1.68. The van der Waals surface area contributed by atoms with Crippen molar-refractivity contribution in [2.24, 2.45) is 0 Å². The van der Waals surface area contributed by atoms with Gasteiger partial charge in [0.1, 0.15) is 0 Å². The predicted molar refractivity (Wildman–Crippen MR) is 54.2 cm³/mol. The molecule has 5 heteroatoms. The standard InChI is InChI=1S/C9H5ClN4/c10-9-8-6(4-12-14-9)5-3-11-2-1-7(5)13-8/h1-4,13H. The van der Waals surface area contributed by atoms with E-state index in [1.807, 2.05) is 6.07 Å². The number of pyridine rings is 1. The minimum absolute atomic E-state index is 0.388. The predicted octanol–water partition coefficient (Wildman–Crippen LogP) is 2.16. The van der Waals surface area contributed by atoms with E-state index in [-0.39, 0.29) is 0 Å². The fraction of sp³-hybridized carbons (Fsp3) is 0. The Balaban J connectivity index is 2.63. The zero-order valence-corrected chi connectivity index (χ0v) is 7.78. The summed E-state index contributed by atoms with van der Waals surface area (Å²) in [5.41, 5.74) is 1.80. The summed E-state index contributed by atoms with van der Waals surface area (Å²) < 4.78 is 0. The van der Waals surface area contributed by atoms with Crippen molar-refractivity contribution in [1.29, 1.82) is 0 Å². The summed E-state index contributed by atoms with van der Waals surface area (Å²) >= 11 is 5.90. The molecule has 3 rings (SSSR count). The second kappa shape index (κ2) is 2.65. The van der Waals surface area contributed by atoms with Crippen LogP contribution >= 0.6 is 11.6 Å². The molecular weight excluding hydrogens is 200 g/mol. The van der Waals surface area contributed by atoms with Crippen LogP contribution in [0.1, 0.15) is 0 Å². The first-order valence-electron chi connectivity index (χ1n) is 4.09. The van der Waals surface area contributed by atoms with Gasteiger partial charge in [-0.15, -0.1) is 5.10 Å². The van der Waals surface area contributed by atoms with Gasteiger partial charge in [0.05, 0.1) is 11.7 Å². The van der Waals surface area contributed by atoms with Crippen LogP contribution in [0.3, 0.4) is 0 Å². The molecule has 0 aliphatic rings. The molecule has 3 heterocycles. The molecule has 0 saturated carbocycles. The van der Waals surface area contributed by atoms with Crippen LogP contribution in [0.5, 0.6) is 0 Å². The number of rotatable bonds is 0. The molecule has 0 aliphatic carbocycles. The van der Waals surface area contributed by atoms with Crippen molar-refractivity contribution in [3.63, 3.8) is 0 Å². The third-order valence-corrected chi connectivity index (χ3v) is 2.44. The number of hydrogen-bond donors (Lipinski definition) is 1. The molecule has 1 N–H and O–H groups in total. The molecule has 3 aromatic heterocycles. The van der Waals surface area contributed by atoms with Gasteiger partial charge in [-0.25, -0.2) is 0 Å². The average Bonchev–Trinajstić information content (AvgIpc) is 2.59. The minimum Gasteiger partial charge on any atom is -0.352 e. The van der Waals surface area contributed by atoms with E-state index in [2.05, 4.69) is 20.2 Å². The lowest BCUT2D eigenvalue weighted by Gasteiger charge is -1.89. The molecule has 0 unspecified atom stereocenters. The Morgan fingerprint density at radius 2 is 2.14 bits per heavy atom. The van der Waals surface area contributed by atoms with Crippen LogP contribution in [0.4, 0.5) is 0 Å². The summed E-state index contributed by atoms with van der Waals surface area (Å²) in [6, 6.07) is 1.89. The van der Waals surface area contributed by atoms with Gasteiger partial charge in [0.2, 0.25) is 0 Å². The average molecular weight is 205 g/mol. The zero-order chi connectivity index (χ0) is 9.54. The van der Waals surface area contributed by atoms with Gasteiger partial charge in [-0.3, -0.25) is 4.98 Å². The van der Waals surface area contributed by atoms with Crippen LogP contribution in [-0.2, 0) is 0 Å². The van der Waals surface area contributed by atoms with Gasteiger partial charge < -0.3 is 4.98 Å². The SMILES string of the molecule is Clc1nncc2c1[nH]c1ccncc12. The molecule has 4 nitrogen and oxygen atoms in total. The van der Waals surface area contributed by atoms with Gasteiger partial charge in [-0.05, 0) is 6.07 Å². The molecular formula is C9H5ClN4. The Kier molecular flexibility index (Phi) is 1.46. The smallest absolute Gasteiger partial charge is 0.175 e. The Bertz CT molecular complexity index is 616. The number of aromatic amines is 1. The van der Waals surface area contributed by atoms with Gasteiger partial charge >= 0.3 is 0 Å². The van der Waals surface area contributed by atoms with Crippen molar-refractivity contribution in [2.45, 2.75) is 0 Å². The number of halogens is 1. The summed E-state index contributed by atoms with van der Waals surface area (Å²) in [6.07, 6.45) is 5.19. The lowest BCUT2D eigenvalue weighted by atomic mass is 10.2. The van der Waals surface area contributed by atoms with Crippen molar-refractivity contribution in [1.82, 2.24) is 20.2 Å². The van der Waals surface area contributed by atoms with E-state index in [1.54, 1.807) is 18.6 Å². The summed E-state index contributed by atoms with van der Waals surface area (Å²) in [4.78, 5) is 7.23. The first kappa shape index (κ1) is 7.70. The second-order valence-corrected chi connectivity index (χ2v) is 3.33. The number of H-pyrrole nitrogens is 1. The maximum absolute atomic E-state index is 5.90. The number of hydrogen-bond acceptors (Lipinski definition) is 3. The van der Waals surface area contributed by atoms with Crippen molar-refractivity contribution in [3.8, 4) is 0 Å². The first-order valence-corrected chi connectivity index (χ1v) is 4.46. The summed E-state index contributed by atoms with van der Waals surface area (Å²) in [5.74, 6) is 0. The maximum Gasteiger partial charge on any atom is 0.175 e. The zero-order valence-electron chi connectivity index (χ0n) is 7.03. The highest BCUT2D eigenvalue weighted by atomic mass is 35.5. The van der Waals surface area contributed by atoms with Crippen molar-refractivity contribution >= 4 is 33.4 Å². The summed E-state index contributed by atoms with van der Waals surface area (Å²) in [7, 11) is 0. The van der Waals surface area contributed by atoms with E-state index in [4.69, 9.17) is 11.6 Å². The van der Waals surface area contributed by atoms with Crippen molar-refractivity contribution in [3.05, 3.63) is 29.8 Å². The third kappa shape index (κ3) is 0.914. The highest BCUT2D eigenvalue weighted by Crippen LogP contribution is 2.26. The van der Waals surface area contributed by atoms with Crippen molar-refractivity contribution < 1.29 is 0 Å². The van der Waals surface area contributed by atoms with E-state index >= 15 is 0 Å². The van der Waals surface area contributed by atoms with Crippen LogP contribution < -0.4 is 0 Å². The number of fused-ring (bicyclic) bond motifs is 3. The van der Waals surface area contributed by atoms with Crippen LogP contribution in [-0.4, -0.2) is 20.2 Å². The monoisotopic (exact) mass is 204 g/mol. The minimum atomic E-state index is 0.388. The quantitative estimate of drug-likeness (QED) is 0.611. The van der Waals surface area contributed by atoms with Gasteiger partial charge in [0.25, 0.3) is 0 Å². The van der Waals surface area contributed by atoms with Gasteiger partial charge in [0.15, 0.2) is 5.15 Å². The van der Waals surface area contributed by atoms with E-state index in [0.29, 0.717) is 5.15 Å². The van der Waals surface area contributed by atoms with E-state index in [9.17, 15) is 0 Å². The molecule has 0 atom stereocenters. The summed E-state index contributed by atoms with van der Waals surface area (Å²) in [5, 5.41) is 9.92. The highest BCUT2D eigenvalue weighted by molar-refractivity contribution is 6.34. The first-order chi connectivity index (χ1) is 6.86. The van der Waals surface area contributed by atoms with Crippen LogP contribution in [0.15, 0.2) is 24.7 Å². The van der Waals surface area contributed by atoms with E-state index in [1.165, 1.54) is 0 Å². The molecule has 0 amide bonds. The van der Waals surface area contributed by atoms with Crippen LogP contribution in [0.2, 0.25) is 5.15 Å². The Morgan fingerprint density at radius 3 is 3.07 bits per heavy atom. The molecule has 0 radical (unpaired) electrons. The number of aromatic nitrogens is 4. The Morgan fingerprint density at radius 1 is 1.21 bits per heavy atom. The van der Waals surface area contributed by atoms with Crippen molar-refractivity contribution in [2.75, 3.05) is 0 Å². The molecule has 3 aromatic rings. The number of nitrogens with one attached hydrogen (secondary N) is 1. The molecule has 14 heavy (non-hydrogen) atoms. The molecule has 0 spiro atoms. The van der Waals surface area contributed by atoms with Crippen LogP contribution in [0, 0.1) is 0 Å². The third-order valence-electron chi connectivity index (χ3n) is 2.18. The van der Waals surface area contributed by atoms with Gasteiger partial charge in [0, 0.05) is 28.7 Å². The molecule has 0 fully saturated rings. The molecule has 68 valence electrons. The normalized spacial score (nSPS) is 11.2. The topological polar surface area (TPSA) is 54.5 Å². The van der Waals surface area contributed by atoms with E-state index < -0.39 is 0 Å². The molecule has 0 aliphatic heterocycles. The largest absolute Gasteiger partial charge is 0.352 e. The van der Waals surface area contributed by atoms with Crippen LogP contribution in [0.25, 0.3) is 21.8 Å². The molecule has 0 saturated heterocycles. The fourth-order valence-electron chi connectivity index (χ4n) is 1.54. The summed E-state index contributed by atoms with van der Waals surface area (Å²) in [6.45, 7) is 0. The lowest BCUT2D eigenvalue weighted by molar-refractivity contribution is 1.05. The molecule has 0 bridgehead atoms. The lowest BCUT2D eigenvalue weighted by Crippen LogP contribution is -1.80. The Labute approximate surface area is 83.9 Å².